The van der Waals surface area contributed by atoms with Crippen LogP contribution in [0.2, 0.25) is 0 Å². The molecule has 1 amide bonds. The number of fused-ring (bicyclic) bond motifs is 1. The van der Waals surface area contributed by atoms with Crippen LogP contribution in [-0.4, -0.2) is 28.0 Å². The van der Waals surface area contributed by atoms with Crippen molar-refractivity contribution in [3.05, 3.63) is 45.9 Å². The molecule has 1 aliphatic heterocycles. The van der Waals surface area contributed by atoms with E-state index in [-0.39, 0.29) is 22.7 Å². The second-order valence-corrected chi connectivity index (χ2v) is 5.56. The van der Waals surface area contributed by atoms with Gasteiger partial charge in [0.2, 0.25) is 0 Å². The molecule has 1 aliphatic rings. The average molecular weight is 288 g/mol. The first-order chi connectivity index (χ1) is 9.58. The topological polar surface area (TPSA) is 70.5 Å². The summed E-state index contributed by atoms with van der Waals surface area (Å²) in [5, 5.41) is 10.5. The number of amides is 1. The smallest absolute Gasteiger partial charge is 0.355 e. The van der Waals surface area contributed by atoms with Gasteiger partial charge in [-0.2, -0.15) is 0 Å². The number of para-hydroxylation sites is 1. The fourth-order valence-corrected chi connectivity index (χ4v) is 3.18. The molecule has 0 saturated carbocycles. The quantitative estimate of drug-likeness (QED) is 0.921. The van der Waals surface area contributed by atoms with Crippen LogP contribution in [0.5, 0.6) is 0 Å². The van der Waals surface area contributed by atoms with Crippen molar-refractivity contribution in [2.24, 2.45) is 0 Å². The fraction of sp³-hybridized carbons (Fsp3) is 0.214. The summed E-state index contributed by atoms with van der Waals surface area (Å²) < 4.78 is 0. The zero-order valence-corrected chi connectivity index (χ0v) is 11.6. The van der Waals surface area contributed by atoms with Crippen LogP contribution < -0.4 is 4.90 Å². The SMILES string of the molecule is CC1Cc2ccccc2N1C(=O)c1nc(C(=O)O)cs1. The summed E-state index contributed by atoms with van der Waals surface area (Å²) in [6.07, 6.45) is 0.805. The van der Waals surface area contributed by atoms with Gasteiger partial charge in [-0.25, -0.2) is 9.78 Å². The number of benzene rings is 1. The lowest BCUT2D eigenvalue weighted by Crippen LogP contribution is -2.35. The summed E-state index contributed by atoms with van der Waals surface area (Å²) in [5.41, 5.74) is 1.93. The van der Waals surface area contributed by atoms with E-state index < -0.39 is 5.97 Å². The number of aromatic nitrogens is 1. The molecule has 5 nitrogen and oxygen atoms in total. The molecule has 0 fully saturated rings. The first-order valence-electron chi connectivity index (χ1n) is 6.18. The third-order valence-corrected chi connectivity index (χ3v) is 4.16. The number of hydrogen-bond acceptors (Lipinski definition) is 4. The Balaban J connectivity index is 1.96. The molecule has 102 valence electrons. The van der Waals surface area contributed by atoms with E-state index in [0.717, 1.165) is 29.0 Å². The molecule has 2 heterocycles. The van der Waals surface area contributed by atoms with Crippen molar-refractivity contribution in [1.29, 1.82) is 0 Å². The van der Waals surface area contributed by atoms with E-state index in [1.54, 1.807) is 4.90 Å². The van der Waals surface area contributed by atoms with Crippen molar-refractivity contribution in [2.45, 2.75) is 19.4 Å². The third-order valence-electron chi connectivity index (χ3n) is 3.33. The first kappa shape index (κ1) is 12.8. The van der Waals surface area contributed by atoms with E-state index >= 15 is 0 Å². The van der Waals surface area contributed by atoms with Crippen molar-refractivity contribution in [2.75, 3.05) is 4.90 Å². The molecule has 1 atom stereocenters. The highest BCUT2D eigenvalue weighted by atomic mass is 32.1. The Hall–Kier alpha value is -2.21. The summed E-state index contributed by atoms with van der Waals surface area (Å²) in [4.78, 5) is 29.0. The van der Waals surface area contributed by atoms with Crippen LogP contribution >= 0.6 is 11.3 Å². The molecule has 0 aliphatic carbocycles. The Labute approximate surface area is 119 Å². The maximum Gasteiger partial charge on any atom is 0.355 e. The predicted molar refractivity (Wildman–Crippen MR) is 75.5 cm³/mol. The van der Waals surface area contributed by atoms with E-state index in [2.05, 4.69) is 4.98 Å². The van der Waals surface area contributed by atoms with Gasteiger partial charge in [0.15, 0.2) is 10.7 Å². The van der Waals surface area contributed by atoms with Gasteiger partial charge in [-0.15, -0.1) is 11.3 Å². The number of carboxylic acid groups (broad SMARTS) is 1. The molecule has 0 saturated heterocycles. The van der Waals surface area contributed by atoms with Crippen LogP contribution in [0.15, 0.2) is 29.6 Å². The second kappa shape index (κ2) is 4.72. The highest BCUT2D eigenvalue weighted by molar-refractivity contribution is 7.12. The number of thiazole rings is 1. The number of anilines is 1. The van der Waals surface area contributed by atoms with Gasteiger partial charge in [0.05, 0.1) is 0 Å². The third kappa shape index (κ3) is 1.98. The van der Waals surface area contributed by atoms with Gasteiger partial charge in [0.1, 0.15) is 0 Å². The molecule has 3 rings (SSSR count). The number of hydrogen-bond donors (Lipinski definition) is 1. The largest absolute Gasteiger partial charge is 0.476 e. The first-order valence-corrected chi connectivity index (χ1v) is 7.06. The van der Waals surface area contributed by atoms with Crippen molar-refractivity contribution in [1.82, 2.24) is 4.98 Å². The maximum absolute atomic E-state index is 12.5. The number of rotatable bonds is 2. The van der Waals surface area contributed by atoms with Crippen molar-refractivity contribution >= 4 is 28.9 Å². The van der Waals surface area contributed by atoms with E-state index in [0.29, 0.717) is 0 Å². The van der Waals surface area contributed by atoms with Crippen molar-refractivity contribution in [3.8, 4) is 0 Å². The highest BCUT2D eigenvalue weighted by Gasteiger charge is 2.32. The zero-order valence-electron chi connectivity index (χ0n) is 10.7. The van der Waals surface area contributed by atoms with E-state index in [4.69, 9.17) is 5.11 Å². The van der Waals surface area contributed by atoms with Gasteiger partial charge in [-0.3, -0.25) is 4.79 Å². The van der Waals surface area contributed by atoms with Crippen LogP contribution in [-0.2, 0) is 6.42 Å². The Bertz CT molecular complexity index is 695. The molecule has 0 spiro atoms. The Kier molecular flexibility index (Phi) is 3.02. The molecule has 1 aromatic heterocycles. The highest BCUT2D eigenvalue weighted by Crippen LogP contribution is 2.33. The van der Waals surface area contributed by atoms with Crippen LogP contribution in [0.1, 0.15) is 32.8 Å². The lowest BCUT2D eigenvalue weighted by atomic mass is 10.1. The Morgan fingerprint density at radius 3 is 2.85 bits per heavy atom. The number of carbonyl (C=O) groups excluding carboxylic acids is 1. The van der Waals surface area contributed by atoms with Crippen molar-refractivity contribution < 1.29 is 14.7 Å². The van der Waals surface area contributed by atoms with Gasteiger partial charge in [0, 0.05) is 17.1 Å². The summed E-state index contributed by atoms with van der Waals surface area (Å²) in [6, 6.07) is 7.80. The Morgan fingerprint density at radius 1 is 1.40 bits per heavy atom. The summed E-state index contributed by atoms with van der Waals surface area (Å²) in [5.74, 6) is -1.35. The van der Waals surface area contributed by atoms with Crippen LogP contribution in [0.3, 0.4) is 0 Å². The minimum atomic E-state index is -1.12. The molecule has 1 aromatic carbocycles. The fourth-order valence-electron chi connectivity index (χ4n) is 2.45. The summed E-state index contributed by atoms with van der Waals surface area (Å²) >= 11 is 1.07. The second-order valence-electron chi connectivity index (χ2n) is 4.70. The summed E-state index contributed by atoms with van der Waals surface area (Å²) in [6.45, 7) is 1.98. The molecule has 1 unspecified atom stereocenters. The minimum Gasteiger partial charge on any atom is -0.476 e. The maximum atomic E-state index is 12.5. The summed E-state index contributed by atoms with van der Waals surface area (Å²) in [7, 11) is 0. The van der Waals surface area contributed by atoms with E-state index in [9.17, 15) is 9.59 Å². The van der Waals surface area contributed by atoms with Crippen LogP contribution in [0.4, 0.5) is 5.69 Å². The Morgan fingerprint density at radius 2 is 2.15 bits per heavy atom. The minimum absolute atomic E-state index is 0.0529. The molecule has 20 heavy (non-hydrogen) atoms. The lowest BCUT2D eigenvalue weighted by Gasteiger charge is -2.21. The standard InChI is InChI=1S/C14H12N2O3S/c1-8-6-9-4-2-3-5-11(9)16(8)13(17)12-15-10(7-20-12)14(18)19/h2-5,7-8H,6H2,1H3,(H,18,19). The van der Waals surface area contributed by atoms with Gasteiger partial charge >= 0.3 is 5.97 Å². The van der Waals surface area contributed by atoms with Crippen LogP contribution in [0.25, 0.3) is 0 Å². The molecular weight excluding hydrogens is 276 g/mol. The number of carboxylic acids is 1. The molecule has 1 N–H and O–H groups in total. The molecular formula is C14H12N2O3S. The van der Waals surface area contributed by atoms with Gasteiger partial charge < -0.3 is 10.0 Å². The normalized spacial score (nSPS) is 17.1. The van der Waals surface area contributed by atoms with Crippen molar-refractivity contribution in [3.63, 3.8) is 0 Å². The van der Waals surface area contributed by atoms with Gasteiger partial charge in [-0.1, -0.05) is 18.2 Å². The molecule has 0 bridgehead atoms. The zero-order chi connectivity index (χ0) is 14.3. The predicted octanol–water partition coefficient (Wildman–Crippen LogP) is 2.43. The monoisotopic (exact) mass is 288 g/mol. The molecule has 0 radical (unpaired) electrons. The van der Waals surface area contributed by atoms with Gasteiger partial charge in [-0.05, 0) is 25.0 Å². The van der Waals surface area contributed by atoms with Gasteiger partial charge in [0.25, 0.3) is 5.91 Å². The van der Waals surface area contributed by atoms with E-state index in [1.807, 2.05) is 31.2 Å². The average Bonchev–Trinajstić information content (AvgIpc) is 3.01. The molecule has 2 aromatic rings. The molecule has 6 heteroatoms. The lowest BCUT2D eigenvalue weighted by molar-refractivity contribution is 0.0691. The number of aromatic carboxylic acids is 1. The number of nitrogens with zero attached hydrogens (tertiary/aromatic N) is 2. The number of carbonyl (C=O) groups is 2. The van der Waals surface area contributed by atoms with Crippen LogP contribution in [0, 0.1) is 0 Å². The van der Waals surface area contributed by atoms with E-state index in [1.165, 1.54) is 5.38 Å².